The van der Waals surface area contributed by atoms with Crippen LogP contribution in [0.15, 0.2) is 66.1 Å². The summed E-state index contributed by atoms with van der Waals surface area (Å²) in [6.07, 6.45) is 1.60. The summed E-state index contributed by atoms with van der Waals surface area (Å²) in [6, 6.07) is 14.1. The van der Waals surface area contributed by atoms with Crippen LogP contribution < -0.4 is 0 Å². The minimum absolute atomic E-state index is 0.00471. The summed E-state index contributed by atoms with van der Waals surface area (Å²) < 4.78 is 5.62. The Labute approximate surface area is 196 Å². The van der Waals surface area contributed by atoms with Crippen LogP contribution in [-0.4, -0.2) is 50.9 Å². The molecule has 1 N–H and O–H groups in total. The number of amides is 1. The van der Waals surface area contributed by atoms with Crippen LogP contribution in [0.25, 0.3) is 10.6 Å². The Hall–Kier alpha value is -3.36. The number of ketones is 1. The van der Waals surface area contributed by atoms with Crippen molar-refractivity contribution in [1.29, 1.82) is 0 Å². The number of nitrogens with zero attached hydrogens (tertiary/aromatic N) is 3. The molecule has 7 nitrogen and oxygen atoms in total. The lowest BCUT2D eigenvalue weighted by Gasteiger charge is -2.26. The first-order valence-electron chi connectivity index (χ1n) is 10.7. The van der Waals surface area contributed by atoms with Gasteiger partial charge in [-0.3, -0.25) is 14.6 Å². The molecule has 0 fully saturated rings. The zero-order chi connectivity index (χ0) is 23.5. The number of rotatable bonds is 8. The predicted molar refractivity (Wildman–Crippen MR) is 126 cm³/mol. The molecule has 3 aromatic rings. The third-order valence-corrected chi connectivity index (χ3v) is 6.53. The number of benzene rings is 1. The van der Waals surface area contributed by atoms with Crippen LogP contribution in [0, 0.1) is 6.92 Å². The van der Waals surface area contributed by atoms with Gasteiger partial charge in [0.1, 0.15) is 11.0 Å². The lowest BCUT2D eigenvalue weighted by Crippen LogP contribution is -2.35. The van der Waals surface area contributed by atoms with Gasteiger partial charge in [0.15, 0.2) is 5.76 Å². The number of aliphatic hydroxyl groups is 1. The molecule has 170 valence electrons. The van der Waals surface area contributed by atoms with E-state index in [-0.39, 0.29) is 24.8 Å². The van der Waals surface area contributed by atoms with Gasteiger partial charge in [-0.15, -0.1) is 11.3 Å². The molecule has 0 bridgehead atoms. The standard InChI is InChI=1S/C25H25N3O4S/c1-15(2)32-14-13-28-20(18-11-7-8-12-26-18)19(22(30)25(28)31)21(29)23-16(3)27-24(33-23)17-9-5-4-6-10-17/h4-12,15,20,30H,13-14H2,1-3H3. The van der Waals surface area contributed by atoms with Gasteiger partial charge >= 0.3 is 0 Å². The Morgan fingerprint density at radius 3 is 2.58 bits per heavy atom. The largest absolute Gasteiger partial charge is 0.503 e. The van der Waals surface area contributed by atoms with Gasteiger partial charge in [0.05, 0.1) is 34.5 Å². The number of hydrogen-bond donors (Lipinski definition) is 1. The highest BCUT2D eigenvalue weighted by Crippen LogP contribution is 2.40. The molecule has 1 aliphatic rings. The van der Waals surface area contributed by atoms with E-state index in [2.05, 4.69) is 9.97 Å². The lowest BCUT2D eigenvalue weighted by atomic mass is 9.98. The first kappa shape index (κ1) is 22.8. The first-order chi connectivity index (χ1) is 15.9. The summed E-state index contributed by atoms with van der Waals surface area (Å²) in [5.41, 5.74) is 1.99. The maximum Gasteiger partial charge on any atom is 0.290 e. The lowest BCUT2D eigenvalue weighted by molar-refractivity contribution is -0.130. The molecule has 0 saturated carbocycles. The molecule has 1 amide bonds. The van der Waals surface area contributed by atoms with Gasteiger partial charge in [-0.2, -0.15) is 0 Å². The smallest absolute Gasteiger partial charge is 0.290 e. The summed E-state index contributed by atoms with van der Waals surface area (Å²) in [5.74, 6) is -1.57. The van der Waals surface area contributed by atoms with Gasteiger partial charge in [0.2, 0.25) is 5.78 Å². The maximum absolute atomic E-state index is 13.7. The minimum atomic E-state index is -0.802. The topological polar surface area (TPSA) is 92.6 Å². The number of aryl methyl sites for hydroxylation is 1. The number of Topliss-reactive ketones (excluding diaryl/α,β-unsaturated/α-hetero) is 1. The zero-order valence-electron chi connectivity index (χ0n) is 18.7. The minimum Gasteiger partial charge on any atom is -0.503 e. The summed E-state index contributed by atoms with van der Waals surface area (Å²) >= 11 is 1.25. The molecule has 1 atom stereocenters. The highest BCUT2D eigenvalue weighted by atomic mass is 32.1. The Morgan fingerprint density at radius 1 is 1.18 bits per heavy atom. The fourth-order valence-corrected chi connectivity index (χ4v) is 4.81. The van der Waals surface area contributed by atoms with E-state index < -0.39 is 23.5 Å². The van der Waals surface area contributed by atoms with Crippen molar-refractivity contribution in [3.63, 3.8) is 0 Å². The number of ether oxygens (including phenoxy) is 1. The van der Waals surface area contributed by atoms with Crippen molar-refractivity contribution in [2.24, 2.45) is 0 Å². The summed E-state index contributed by atoms with van der Waals surface area (Å²) in [5, 5.41) is 11.5. The average Bonchev–Trinajstić information content (AvgIpc) is 3.32. The second-order valence-electron chi connectivity index (χ2n) is 7.97. The molecule has 1 aromatic carbocycles. The molecular formula is C25H25N3O4S. The van der Waals surface area contributed by atoms with Crippen molar-refractivity contribution in [1.82, 2.24) is 14.9 Å². The van der Waals surface area contributed by atoms with E-state index in [9.17, 15) is 14.7 Å². The second kappa shape index (κ2) is 9.64. The average molecular weight is 464 g/mol. The molecule has 1 unspecified atom stereocenters. The highest BCUT2D eigenvalue weighted by Gasteiger charge is 2.45. The van der Waals surface area contributed by atoms with Gasteiger partial charge in [0, 0.05) is 18.3 Å². The Balaban J connectivity index is 1.72. The number of aromatic nitrogens is 2. The van der Waals surface area contributed by atoms with Crippen molar-refractivity contribution < 1.29 is 19.4 Å². The fraction of sp³-hybridized carbons (Fsp3) is 0.280. The number of aliphatic hydroxyl groups excluding tert-OH is 1. The van der Waals surface area contributed by atoms with Gasteiger partial charge in [-0.05, 0) is 32.9 Å². The van der Waals surface area contributed by atoms with Crippen LogP contribution in [0.2, 0.25) is 0 Å². The predicted octanol–water partition coefficient (Wildman–Crippen LogP) is 4.52. The molecule has 1 aliphatic heterocycles. The number of thiazole rings is 1. The van der Waals surface area contributed by atoms with Crippen LogP contribution in [0.3, 0.4) is 0 Å². The SMILES string of the molecule is Cc1nc(-c2ccccc2)sc1C(=O)C1=C(O)C(=O)N(CCOC(C)C)C1c1ccccn1. The molecule has 4 rings (SSSR count). The Bertz CT molecular complexity index is 1190. The van der Waals surface area contributed by atoms with Gasteiger partial charge < -0.3 is 14.7 Å². The van der Waals surface area contributed by atoms with E-state index in [1.165, 1.54) is 16.2 Å². The summed E-state index contributed by atoms with van der Waals surface area (Å²) in [7, 11) is 0. The molecule has 0 radical (unpaired) electrons. The first-order valence-corrected chi connectivity index (χ1v) is 11.5. The van der Waals surface area contributed by atoms with Crippen molar-refractivity contribution in [3.05, 3.63) is 82.3 Å². The van der Waals surface area contributed by atoms with Gasteiger partial charge in [-0.25, -0.2) is 4.98 Å². The van der Waals surface area contributed by atoms with Crippen molar-refractivity contribution in [2.45, 2.75) is 32.9 Å². The number of carbonyl (C=O) groups is 2. The van der Waals surface area contributed by atoms with Gasteiger partial charge in [0.25, 0.3) is 5.91 Å². The van der Waals surface area contributed by atoms with Crippen LogP contribution in [0.1, 0.15) is 40.9 Å². The van der Waals surface area contributed by atoms with Crippen LogP contribution in [0.4, 0.5) is 0 Å². The van der Waals surface area contributed by atoms with Crippen molar-refractivity contribution in [2.75, 3.05) is 13.2 Å². The third-order valence-electron chi connectivity index (χ3n) is 5.32. The molecule has 3 heterocycles. The van der Waals surface area contributed by atoms with Crippen molar-refractivity contribution >= 4 is 23.0 Å². The van der Waals surface area contributed by atoms with E-state index in [0.29, 0.717) is 21.3 Å². The van der Waals surface area contributed by atoms with E-state index in [4.69, 9.17) is 4.74 Å². The summed E-state index contributed by atoms with van der Waals surface area (Å²) in [6.45, 7) is 6.07. The molecular weight excluding hydrogens is 438 g/mol. The normalized spacial score (nSPS) is 16.2. The van der Waals surface area contributed by atoms with E-state index >= 15 is 0 Å². The highest BCUT2D eigenvalue weighted by molar-refractivity contribution is 7.17. The quantitative estimate of drug-likeness (QED) is 0.494. The molecule has 2 aromatic heterocycles. The molecule has 33 heavy (non-hydrogen) atoms. The molecule has 0 aliphatic carbocycles. The monoisotopic (exact) mass is 463 g/mol. The van der Waals surface area contributed by atoms with E-state index in [1.54, 1.807) is 31.3 Å². The van der Waals surface area contributed by atoms with Crippen LogP contribution >= 0.6 is 11.3 Å². The van der Waals surface area contributed by atoms with Crippen molar-refractivity contribution in [3.8, 4) is 10.6 Å². The van der Waals surface area contributed by atoms with Crippen LogP contribution in [0.5, 0.6) is 0 Å². The van der Waals surface area contributed by atoms with Crippen LogP contribution in [-0.2, 0) is 9.53 Å². The summed E-state index contributed by atoms with van der Waals surface area (Å²) in [4.78, 5) is 37.5. The van der Waals surface area contributed by atoms with E-state index in [1.807, 2.05) is 44.2 Å². The fourth-order valence-electron chi connectivity index (χ4n) is 3.78. The Kier molecular flexibility index (Phi) is 6.67. The number of hydrogen-bond acceptors (Lipinski definition) is 7. The molecule has 8 heteroatoms. The molecule has 0 saturated heterocycles. The maximum atomic E-state index is 13.7. The number of pyridine rings is 1. The van der Waals surface area contributed by atoms with Gasteiger partial charge in [-0.1, -0.05) is 36.4 Å². The second-order valence-corrected chi connectivity index (χ2v) is 8.97. The Morgan fingerprint density at radius 2 is 1.91 bits per heavy atom. The third kappa shape index (κ3) is 4.58. The molecule has 0 spiro atoms. The van der Waals surface area contributed by atoms with E-state index in [0.717, 1.165) is 5.56 Å². The zero-order valence-corrected chi connectivity index (χ0v) is 19.5. The number of carbonyl (C=O) groups excluding carboxylic acids is 2.